The van der Waals surface area contributed by atoms with Crippen molar-refractivity contribution in [2.24, 2.45) is 0 Å². The summed E-state index contributed by atoms with van der Waals surface area (Å²) in [7, 11) is 0. The topological polar surface area (TPSA) is 67.5 Å². The SMILES string of the molecule is Cc1nn2cc(Cl)cnc2c1C(=O)O. The highest BCUT2D eigenvalue weighted by atomic mass is 35.5. The average Bonchev–Trinajstić information content (AvgIpc) is 2.39. The minimum absolute atomic E-state index is 0.113. The summed E-state index contributed by atoms with van der Waals surface area (Å²) in [6.07, 6.45) is 2.91. The molecule has 0 atom stereocenters. The molecule has 0 amide bonds. The van der Waals surface area contributed by atoms with Gasteiger partial charge >= 0.3 is 5.97 Å². The highest BCUT2D eigenvalue weighted by Crippen LogP contribution is 2.15. The third kappa shape index (κ3) is 1.22. The number of halogens is 1. The van der Waals surface area contributed by atoms with Gasteiger partial charge in [0, 0.05) is 6.20 Å². The zero-order chi connectivity index (χ0) is 10.3. The van der Waals surface area contributed by atoms with Crippen LogP contribution in [0.15, 0.2) is 12.4 Å². The summed E-state index contributed by atoms with van der Waals surface area (Å²) >= 11 is 5.69. The van der Waals surface area contributed by atoms with Gasteiger partial charge in [0.1, 0.15) is 5.56 Å². The molecule has 0 aliphatic heterocycles. The summed E-state index contributed by atoms with van der Waals surface area (Å²) in [5.74, 6) is -1.03. The van der Waals surface area contributed by atoms with Crippen molar-refractivity contribution in [2.75, 3.05) is 0 Å². The lowest BCUT2D eigenvalue weighted by molar-refractivity contribution is 0.0698. The van der Waals surface area contributed by atoms with Crippen molar-refractivity contribution in [3.05, 3.63) is 28.7 Å². The van der Waals surface area contributed by atoms with Gasteiger partial charge in [0.15, 0.2) is 5.65 Å². The molecule has 0 saturated carbocycles. The fraction of sp³-hybridized carbons (Fsp3) is 0.125. The number of carboxylic acid groups (broad SMARTS) is 1. The quantitative estimate of drug-likeness (QED) is 0.774. The van der Waals surface area contributed by atoms with Crippen LogP contribution in [0.25, 0.3) is 5.65 Å². The second kappa shape index (κ2) is 2.95. The van der Waals surface area contributed by atoms with Gasteiger partial charge in [-0.3, -0.25) is 0 Å². The van der Waals surface area contributed by atoms with E-state index in [1.807, 2.05) is 0 Å². The van der Waals surface area contributed by atoms with Gasteiger partial charge in [0.25, 0.3) is 0 Å². The van der Waals surface area contributed by atoms with Crippen LogP contribution >= 0.6 is 11.6 Å². The van der Waals surface area contributed by atoms with Gasteiger partial charge in [-0.25, -0.2) is 14.3 Å². The van der Waals surface area contributed by atoms with Crippen LogP contribution in [0.4, 0.5) is 0 Å². The minimum atomic E-state index is -1.03. The number of carboxylic acids is 1. The third-order valence-electron chi connectivity index (χ3n) is 1.83. The summed E-state index contributed by atoms with van der Waals surface area (Å²) in [6.45, 7) is 1.62. The molecule has 2 heterocycles. The van der Waals surface area contributed by atoms with Crippen molar-refractivity contribution in [3.8, 4) is 0 Å². The first-order valence-electron chi connectivity index (χ1n) is 3.83. The molecule has 72 valence electrons. The number of aromatic nitrogens is 3. The Kier molecular flexibility index (Phi) is 1.89. The molecule has 2 aromatic heterocycles. The fourth-order valence-electron chi connectivity index (χ4n) is 1.27. The van der Waals surface area contributed by atoms with Crippen LogP contribution in [-0.2, 0) is 0 Å². The van der Waals surface area contributed by atoms with E-state index in [0.717, 1.165) is 0 Å². The summed E-state index contributed by atoms with van der Waals surface area (Å²) in [5, 5.41) is 13.3. The maximum atomic E-state index is 10.9. The maximum absolute atomic E-state index is 10.9. The number of hydrogen-bond acceptors (Lipinski definition) is 3. The number of hydrogen-bond donors (Lipinski definition) is 1. The standard InChI is InChI=1S/C8H6ClN3O2/c1-4-6(8(13)14)7-10-2-5(9)3-12(7)11-4/h2-3H,1H3,(H,13,14). The lowest BCUT2D eigenvalue weighted by Crippen LogP contribution is -1.98. The summed E-state index contributed by atoms with van der Waals surface area (Å²) in [5.41, 5.74) is 0.841. The largest absolute Gasteiger partial charge is 0.477 e. The smallest absolute Gasteiger partial charge is 0.341 e. The Hall–Kier alpha value is -1.62. The molecule has 2 aromatic rings. The average molecular weight is 212 g/mol. The number of nitrogens with zero attached hydrogens (tertiary/aromatic N) is 3. The lowest BCUT2D eigenvalue weighted by atomic mass is 10.2. The Morgan fingerprint density at radius 2 is 2.36 bits per heavy atom. The molecule has 0 radical (unpaired) electrons. The first kappa shape index (κ1) is 8.96. The van der Waals surface area contributed by atoms with Crippen LogP contribution in [0.1, 0.15) is 16.1 Å². The van der Waals surface area contributed by atoms with Gasteiger partial charge in [-0.05, 0) is 6.92 Å². The van der Waals surface area contributed by atoms with Crippen LogP contribution in [0.3, 0.4) is 0 Å². The molecule has 0 bridgehead atoms. The van der Waals surface area contributed by atoms with Crippen molar-refractivity contribution < 1.29 is 9.90 Å². The molecule has 0 fully saturated rings. The van der Waals surface area contributed by atoms with Crippen molar-refractivity contribution in [3.63, 3.8) is 0 Å². The van der Waals surface area contributed by atoms with Crippen molar-refractivity contribution >= 4 is 23.2 Å². The number of aromatic carboxylic acids is 1. The fourth-order valence-corrected chi connectivity index (χ4v) is 1.41. The van der Waals surface area contributed by atoms with Gasteiger partial charge in [0.05, 0.1) is 16.9 Å². The van der Waals surface area contributed by atoms with Crippen molar-refractivity contribution in [1.29, 1.82) is 0 Å². The summed E-state index contributed by atoms with van der Waals surface area (Å²) < 4.78 is 1.36. The molecule has 1 N–H and O–H groups in total. The Morgan fingerprint density at radius 1 is 1.64 bits per heavy atom. The van der Waals surface area contributed by atoms with Crippen molar-refractivity contribution in [2.45, 2.75) is 6.92 Å². The van der Waals surface area contributed by atoms with Gasteiger partial charge in [-0.15, -0.1) is 0 Å². The van der Waals surface area contributed by atoms with E-state index in [4.69, 9.17) is 16.7 Å². The highest BCUT2D eigenvalue weighted by molar-refractivity contribution is 6.30. The Balaban J connectivity index is 2.84. The summed E-state index contributed by atoms with van der Waals surface area (Å²) in [6, 6.07) is 0. The van der Waals surface area contributed by atoms with Crippen LogP contribution in [0.2, 0.25) is 5.02 Å². The zero-order valence-corrected chi connectivity index (χ0v) is 7.99. The van der Waals surface area contributed by atoms with Gasteiger partial charge in [-0.1, -0.05) is 11.6 Å². The first-order chi connectivity index (χ1) is 6.59. The van der Waals surface area contributed by atoms with Crippen LogP contribution in [-0.4, -0.2) is 25.7 Å². The highest BCUT2D eigenvalue weighted by Gasteiger charge is 2.16. The van der Waals surface area contributed by atoms with E-state index in [2.05, 4.69) is 10.1 Å². The van der Waals surface area contributed by atoms with Gasteiger partial charge in [0.2, 0.25) is 0 Å². The second-order valence-corrected chi connectivity index (χ2v) is 3.24. The summed E-state index contributed by atoms with van der Waals surface area (Å²) in [4.78, 5) is 14.8. The lowest BCUT2D eigenvalue weighted by Gasteiger charge is -1.93. The molecule has 0 saturated heterocycles. The van der Waals surface area contributed by atoms with E-state index in [0.29, 0.717) is 16.4 Å². The van der Waals surface area contributed by atoms with Crippen LogP contribution < -0.4 is 0 Å². The number of carbonyl (C=O) groups is 1. The number of rotatable bonds is 1. The molecule has 2 rings (SSSR count). The molecule has 0 spiro atoms. The molecule has 0 aromatic carbocycles. The Labute approximate surface area is 83.9 Å². The Bertz CT molecular complexity index is 521. The Morgan fingerprint density at radius 3 is 3.00 bits per heavy atom. The second-order valence-electron chi connectivity index (χ2n) is 2.81. The van der Waals surface area contributed by atoms with E-state index in [-0.39, 0.29) is 5.56 Å². The third-order valence-corrected chi connectivity index (χ3v) is 2.02. The molecule has 5 nitrogen and oxygen atoms in total. The molecular formula is C8H6ClN3O2. The number of aryl methyl sites for hydroxylation is 1. The monoisotopic (exact) mass is 211 g/mol. The van der Waals surface area contributed by atoms with Crippen LogP contribution in [0, 0.1) is 6.92 Å². The number of fused-ring (bicyclic) bond motifs is 1. The van der Waals surface area contributed by atoms with E-state index in [9.17, 15) is 4.79 Å². The predicted molar refractivity (Wildman–Crippen MR) is 49.7 cm³/mol. The van der Waals surface area contributed by atoms with E-state index >= 15 is 0 Å². The van der Waals surface area contributed by atoms with Crippen molar-refractivity contribution in [1.82, 2.24) is 14.6 Å². The predicted octanol–water partition coefficient (Wildman–Crippen LogP) is 1.39. The molecule has 14 heavy (non-hydrogen) atoms. The van der Waals surface area contributed by atoms with E-state index < -0.39 is 5.97 Å². The molecule has 0 aliphatic rings. The zero-order valence-electron chi connectivity index (χ0n) is 7.23. The first-order valence-corrected chi connectivity index (χ1v) is 4.21. The minimum Gasteiger partial charge on any atom is -0.477 e. The molecule has 0 aliphatic carbocycles. The normalized spacial score (nSPS) is 10.7. The molecular weight excluding hydrogens is 206 g/mol. The van der Waals surface area contributed by atoms with E-state index in [1.54, 1.807) is 6.92 Å². The molecule has 6 heteroatoms. The van der Waals surface area contributed by atoms with Crippen LogP contribution in [0.5, 0.6) is 0 Å². The molecule has 0 unspecified atom stereocenters. The maximum Gasteiger partial charge on any atom is 0.341 e. The van der Waals surface area contributed by atoms with E-state index in [1.165, 1.54) is 16.9 Å². The van der Waals surface area contributed by atoms with Gasteiger partial charge in [-0.2, -0.15) is 5.10 Å². The van der Waals surface area contributed by atoms with Gasteiger partial charge < -0.3 is 5.11 Å².